The fraction of sp³-hybridized carbons (Fsp3) is 0.786. The van der Waals surface area contributed by atoms with Gasteiger partial charge in [-0.1, -0.05) is 23.1 Å². The van der Waals surface area contributed by atoms with E-state index in [2.05, 4.69) is 34.3 Å². The standard InChI is InChI=1S/C14H22N4OS2/c1-9-4-3-5-10(2)18(9)12(19)8-20-14-17-16-13(21-14)15-11-6-7-11/h9-11H,3-8H2,1-2H3,(H,15,16). The molecule has 3 rings (SSSR count). The van der Waals surface area contributed by atoms with Crippen molar-refractivity contribution in [2.75, 3.05) is 11.1 Å². The summed E-state index contributed by atoms with van der Waals surface area (Å²) < 4.78 is 0.879. The molecule has 1 amide bonds. The Morgan fingerprint density at radius 1 is 1.29 bits per heavy atom. The van der Waals surface area contributed by atoms with E-state index < -0.39 is 0 Å². The van der Waals surface area contributed by atoms with Gasteiger partial charge in [-0.25, -0.2) is 0 Å². The molecule has 5 nitrogen and oxygen atoms in total. The summed E-state index contributed by atoms with van der Waals surface area (Å²) in [7, 11) is 0. The van der Waals surface area contributed by atoms with Crippen molar-refractivity contribution < 1.29 is 4.79 Å². The first-order chi connectivity index (χ1) is 10.1. The zero-order valence-corrected chi connectivity index (χ0v) is 14.2. The summed E-state index contributed by atoms with van der Waals surface area (Å²) in [6.07, 6.45) is 5.92. The Bertz CT molecular complexity index is 493. The van der Waals surface area contributed by atoms with E-state index >= 15 is 0 Å². The third kappa shape index (κ3) is 3.88. The molecule has 7 heteroatoms. The summed E-state index contributed by atoms with van der Waals surface area (Å²) >= 11 is 3.06. The van der Waals surface area contributed by atoms with Gasteiger partial charge in [0.05, 0.1) is 5.75 Å². The summed E-state index contributed by atoms with van der Waals surface area (Å²) in [5.41, 5.74) is 0. The lowest BCUT2D eigenvalue weighted by molar-refractivity contribution is -0.134. The van der Waals surface area contributed by atoms with Crippen molar-refractivity contribution in [2.45, 2.75) is 68.4 Å². The Morgan fingerprint density at radius 2 is 2.00 bits per heavy atom. The average molecular weight is 326 g/mol. The molecule has 2 fully saturated rings. The van der Waals surface area contributed by atoms with Gasteiger partial charge in [-0.3, -0.25) is 4.79 Å². The van der Waals surface area contributed by atoms with E-state index in [0.717, 1.165) is 22.3 Å². The summed E-state index contributed by atoms with van der Waals surface area (Å²) in [5.74, 6) is 0.693. The van der Waals surface area contributed by atoms with Crippen molar-refractivity contribution in [1.29, 1.82) is 0 Å². The van der Waals surface area contributed by atoms with Gasteiger partial charge in [-0.15, -0.1) is 10.2 Å². The zero-order chi connectivity index (χ0) is 14.8. The van der Waals surface area contributed by atoms with Gasteiger partial charge in [-0.05, 0) is 46.0 Å². The van der Waals surface area contributed by atoms with E-state index in [-0.39, 0.29) is 5.91 Å². The van der Waals surface area contributed by atoms with Crippen LogP contribution in [0.2, 0.25) is 0 Å². The molecule has 1 aromatic heterocycles. The molecule has 1 saturated heterocycles. The molecule has 2 atom stereocenters. The van der Waals surface area contributed by atoms with E-state index in [9.17, 15) is 4.79 Å². The Kier molecular flexibility index (Phi) is 4.69. The lowest BCUT2D eigenvalue weighted by Gasteiger charge is -2.39. The third-order valence-electron chi connectivity index (χ3n) is 4.11. The van der Waals surface area contributed by atoms with Crippen LogP contribution in [-0.2, 0) is 4.79 Å². The number of nitrogens with one attached hydrogen (secondary N) is 1. The molecule has 1 saturated carbocycles. The molecule has 1 N–H and O–H groups in total. The lowest BCUT2D eigenvalue weighted by atomic mass is 9.98. The maximum absolute atomic E-state index is 12.4. The predicted octanol–water partition coefficient (Wildman–Crippen LogP) is 2.99. The number of thioether (sulfide) groups is 1. The van der Waals surface area contributed by atoms with Gasteiger partial charge >= 0.3 is 0 Å². The predicted molar refractivity (Wildman–Crippen MR) is 86.9 cm³/mol. The number of anilines is 1. The van der Waals surface area contributed by atoms with Crippen LogP contribution in [0.3, 0.4) is 0 Å². The van der Waals surface area contributed by atoms with Crippen LogP contribution in [0, 0.1) is 0 Å². The normalized spacial score (nSPS) is 25.9. The van der Waals surface area contributed by atoms with E-state index in [1.807, 2.05) is 0 Å². The van der Waals surface area contributed by atoms with Crippen LogP contribution in [0.15, 0.2) is 4.34 Å². The van der Waals surface area contributed by atoms with Crippen LogP contribution in [0.1, 0.15) is 46.0 Å². The van der Waals surface area contributed by atoms with Gasteiger partial charge < -0.3 is 10.2 Å². The van der Waals surface area contributed by atoms with Gasteiger partial charge in [0.15, 0.2) is 4.34 Å². The lowest BCUT2D eigenvalue weighted by Crippen LogP contribution is -2.48. The Labute approximate surface area is 133 Å². The minimum absolute atomic E-state index is 0.228. The zero-order valence-electron chi connectivity index (χ0n) is 12.5. The molecule has 2 unspecified atom stereocenters. The molecule has 2 heterocycles. The number of piperidine rings is 1. The first-order valence-electron chi connectivity index (χ1n) is 7.67. The molecular weight excluding hydrogens is 304 g/mol. The summed E-state index contributed by atoms with van der Waals surface area (Å²) in [6.45, 7) is 4.31. The molecule has 1 aromatic rings. The van der Waals surface area contributed by atoms with E-state index in [0.29, 0.717) is 23.9 Å². The molecule has 1 aliphatic heterocycles. The van der Waals surface area contributed by atoms with Crippen molar-refractivity contribution in [1.82, 2.24) is 15.1 Å². The third-order valence-corrected chi connectivity index (χ3v) is 6.08. The van der Waals surface area contributed by atoms with Gasteiger partial charge in [0.2, 0.25) is 11.0 Å². The van der Waals surface area contributed by atoms with Crippen molar-refractivity contribution in [3.8, 4) is 0 Å². The number of nitrogens with zero attached hydrogens (tertiary/aromatic N) is 3. The highest BCUT2D eigenvalue weighted by Crippen LogP contribution is 2.31. The van der Waals surface area contributed by atoms with Crippen LogP contribution in [0.25, 0.3) is 0 Å². The van der Waals surface area contributed by atoms with Crippen LogP contribution in [0.5, 0.6) is 0 Å². The van der Waals surface area contributed by atoms with Crippen LogP contribution in [0.4, 0.5) is 5.13 Å². The van der Waals surface area contributed by atoms with Crippen LogP contribution in [-0.4, -0.2) is 44.9 Å². The van der Waals surface area contributed by atoms with Gasteiger partial charge in [0, 0.05) is 18.1 Å². The van der Waals surface area contributed by atoms with Gasteiger partial charge in [0.1, 0.15) is 0 Å². The summed E-state index contributed by atoms with van der Waals surface area (Å²) in [4.78, 5) is 14.5. The van der Waals surface area contributed by atoms with E-state index in [1.54, 1.807) is 11.3 Å². The van der Waals surface area contributed by atoms with E-state index in [1.165, 1.54) is 31.0 Å². The highest BCUT2D eigenvalue weighted by molar-refractivity contribution is 8.01. The summed E-state index contributed by atoms with van der Waals surface area (Å²) in [6, 6.07) is 1.32. The van der Waals surface area contributed by atoms with Crippen molar-refractivity contribution >= 4 is 34.1 Å². The Morgan fingerprint density at radius 3 is 2.67 bits per heavy atom. The van der Waals surface area contributed by atoms with E-state index in [4.69, 9.17) is 0 Å². The Hall–Kier alpha value is -0.820. The number of hydrogen-bond donors (Lipinski definition) is 1. The van der Waals surface area contributed by atoms with Crippen LogP contribution >= 0.6 is 23.1 Å². The van der Waals surface area contributed by atoms with Crippen molar-refractivity contribution in [3.63, 3.8) is 0 Å². The molecule has 0 bridgehead atoms. The smallest absolute Gasteiger partial charge is 0.233 e. The minimum Gasteiger partial charge on any atom is -0.357 e. The molecule has 116 valence electrons. The molecule has 0 spiro atoms. The van der Waals surface area contributed by atoms with Gasteiger partial charge in [-0.2, -0.15) is 0 Å². The average Bonchev–Trinajstić information content (AvgIpc) is 3.13. The highest BCUT2D eigenvalue weighted by atomic mass is 32.2. The molecule has 1 aliphatic carbocycles. The molecule has 2 aliphatic rings. The number of amides is 1. The largest absolute Gasteiger partial charge is 0.357 e. The first kappa shape index (κ1) is 15.1. The monoisotopic (exact) mass is 326 g/mol. The molecule has 0 radical (unpaired) electrons. The maximum atomic E-state index is 12.4. The van der Waals surface area contributed by atoms with Gasteiger partial charge in [0.25, 0.3) is 0 Å². The SMILES string of the molecule is CC1CCCC(C)N1C(=O)CSc1nnc(NC2CC2)s1. The summed E-state index contributed by atoms with van der Waals surface area (Å²) in [5, 5.41) is 12.5. The number of likely N-dealkylation sites (tertiary alicyclic amines) is 1. The molecular formula is C14H22N4OS2. The van der Waals surface area contributed by atoms with Crippen molar-refractivity contribution in [3.05, 3.63) is 0 Å². The number of aromatic nitrogens is 2. The fourth-order valence-electron chi connectivity index (χ4n) is 2.84. The number of carbonyl (C=O) groups excluding carboxylic acids is 1. The topological polar surface area (TPSA) is 58.1 Å². The maximum Gasteiger partial charge on any atom is 0.233 e. The second-order valence-corrected chi connectivity index (χ2v) is 8.21. The van der Waals surface area contributed by atoms with Crippen molar-refractivity contribution in [2.24, 2.45) is 0 Å². The minimum atomic E-state index is 0.228. The van der Waals surface area contributed by atoms with Crippen LogP contribution < -0.4 is 5.32 Å². The second-order valence-electron chi connectivity index (χ2n) is 6.01. The quantitative estimate of drug-likeness (QED) is 0.843. The highest BCUT2D eigenvalue weighted by Gasteiger charge is 2.29. The number of rotatable bonds is 5. The molecule has 21 heavy (non-hydrogen) atoms. The second kappa shape index (κ2) is 6.52. The Balaban J connectivity index is 1.51. The fourth-order valence-corrected chi connectivity index (χ4v) is 4.54. The number of carbonyl (C=O) groups is 1. The molecule has 0 aromatic carbocycles. The number of hydrogen-bond acceptors (Lipinski definition) is 6. The first-order valence-corrected chi connectivity index (χ1v) is 9.47.